The number of aromatic nitrogens is 4. The topological polar surface area (TPSA) is 125 Å². The Balaban J connectivity index is 1.45. The number of hydrogen-bond donors (Lipinski definition) is 2. The number of aliphatic hydroxyl groups is 1. The first kappa shape index (κ1) is 31.0. The van der Waals surface area contributed by atoms with Crippen LogP contribution >= 0.6 is 34.9 Å². The Labute approximate surface area is 263 Å². The maximum absolute atomic E-state index is 14.0. The van der Waals surface area contributed by atoms with Crippen molar-refractivity contribution in [1.82, 2.24) is 29.2 Å². The molecule has 0 amide bonds. The average Bonchev–Trinajstić information content (AvgIpc) is 3.31. The van der Waals surface area contributed by atoms with Crippen LogP contribution in [0.25, 0.3) is 27.5 Å². The van der Waals surface area contributed by atoms with Crippen LogP contribution in [0.5, 0.6) is 0 Å². The molecule has 1 saturated carbocycles. The molecule has 1 aliphatic carbocycles. The molecule has 2 N–H and O–H groups in total. The summed E-state index contributed by atoms with van der Waals surface area (Å²) in [4.78, 5) is 7.87. The van der Waals surface area contributed by atoms with Gasteiger partial charge in [0.2, 0.25) is 0 Å². The molecule has 230 valence electrons. The molecule has 0 radical (unpaired) electrons. The molecule has 10 nitrogen and oxygen atoms in total. The quantitative estimate of drug-likeness (QED) is 0.159. The Kier molecular flexibility index (Phi) is 8.67. The Bertz CT molecular complexity index is 1850. The van der Waals surface area contributed by atoms with Crippen LogP contribution in [0, 0.1) is 6.92 Å². The second kappa shape index (κ2) is 12.0. The lowest BCUT2D eigenvalue weighted by molar-refractivity contribution is 0.142. The van der Waals surface area contributed by atoms with E-state index >= 15 is 0 Å². The molecule has 3 aromatic heterocycles. The van der Waals surface area contributed by atoms with Gasteiger partial charge in [0.1, 0.15) is 16.7 Å². The van der Waals surface area contributed by atoms with E-state index < -0.39 is 37.9 Å². The van der Waals surface area contributed by atoms with Crippen LogP contribution in [-0.4, -0.2) is 75.4 Å². The Hall–Kier alpha value is -2.05. The molecule has 6 rings (SSSR count). The number of benzene rings is 1. The minimum Gasteiger partial charge on any atom is -0.375 e. The number of hydrogen-bond acceptors (Lipinski definition) is 10. The zero-order valence-electron chi connectivity index (χ0n) is 23.1. The fourth-order valence-electron chi connectivity index (χ4n) is 4.71. The van der Waals surface area contributed by atoms with E-state index in [2.05, 4.69) is 28.6 Å². The van der Waals surface area contributed by atoms with E-state index in [4.69, 9.17) is 11.6 Å². The first-order valence-corrected chi connectivity index (χ1v) is 18.6. The fraction of sp³-hybridized carbons (Fsp3) is 0.423. The zero-order chi connectivity index (χ0) is 30.5. The highest BCUT2D eigenvalue weighted by molar-refractivity contribution is 8.00. The number of alkyl halides is 2. The highest BCUT2D eigenvalue weighted by atomic mass is 35.5. The Morgan fingerprint density at radius 2 is 2.05 bits per heavy atom. The molecule has 1 aliphatic heterocycles. The summed E-state index contributed by atoms with van der Waals surface area (Å²) in [5.74, 6) is 0.530. The molecule has 43 heavy (non-hydrogen) atoms. The number of imidazole rings is 1. The number of likely N-dealkylation sites (tertiary alicyclic amines) is 1. The summed E-state index contributed by atoms with van der Waals surface area (Å²) in [7, 11) is -4.56. The highest BCUT2D eigenvalue weighted by Crippen LogP contribution is 2.41. The van der Waals surface area contributed by atoms with Crippen LogP contribution in [0.3, 0.4) is 0 Å². The molecule has 2 unspecified atom stereocenters. The van der Waals surface area contributed by atoms with Crippen molar-refractivity contribution in [2.24, 2.45) is 3.77 Å². The maximum Gasteiger partial charge on any atom is 0.291 e. The van der Waals surface area contributed by atoms with Crippen LogP contribution in [-0.2, 0) is 20.7 Å². The van der Waals surface area contributed by atoms with E-state index in [1.807, 2.05) is 19.1 Å². The van der Waals surface area contributed by atoms with Crippen LogP contribution in [0.1, 0.15) is 36.3 Å². The van der Waals surface area contributed by atoms with E-state index in [-0.39, 0.29) is 21.7 Å². The van der Waals surface area contributed by atoms with Crippen LogP contribution in [0.15, 0.2) is 44.0 Å². The zero-order valence-corrected chi connectivity index (χ0v) is 27.1. The normalized spacial score (nSPS) is 18.5. The summed E-state index contributed by atoms with van der Waals surface area (Å²) in [6.07, 6.45) is 2.77. The monoisotopic (exact) mass is 687 g/mol. The summed E-state index contributed by atoms with van der Waals surface area (Å²) in [5.41, 5.74) is 1.80. The minimum absolute atomic E-state index is 0.141. The molecule has 4 aromatic rings. The molecule has 2 aliphatic rings. The van der Waals surface area contributed by atoms with Crippen molar-refractivity contribution in [3.63, 3.8) is 0 Å². The average molecular weight is 688 g/mol. The molecule has 2 fully saturated rings. The second-order valence-electron chi connectivity index (χ2n) is 10.5. The molecule has 17 heteroatoms. The van der Waals surface area contributed by atoms with Crippen molar-refractivity contribution in [1.29, 1.82) is 0 Å². The minimum atomic E-state index is -2.95. The first-order valence-electron chi connectivity index (χ1n) is 13.4. The van der Waals surface area contributed by atoms with Crippen molar-refractivity contribution in [3.05, 3.63) is 46.2 Å². The number of pyridine rings is 1. The molecule has 0 spiro atoms. The number of rotatable bonds is 11. The number of aryl methyl sites for hydroxylation is 1. The van der Waals surface area contributed by atoms with Crippen molar-refractivity contribution >= 4 is 61.1 Å². The summed E-state index contributed by atoms with van der Waals surface area (Å²) in [6.45, 7) is 4.39. The molecule has 1 aromatic carbocycles. The van der Waals surface area contributed by atoms with Crippen molar-refractivity contribution in [2.75, 3.05) is 31.6 Å². The van der Waals surface area contributed by atoms with Gasteiger partial charge in [-0.05, 0) is 80.5 Å². The number of halogens is 3. The standard InChI is InChI=1S/C26H28ClF2N7O3S4/c1-15-12-17(43(39,34-42(2)38)11-10-35-8-3-9-35)4-5-18(15)19-13-16(41-33-26(37)6-7-26)14-36-20(19)21(27)30-23(36)25-32-31-24(40-25)22(28)29/h4-5,12-14,22,33,37H,3,6-11H2,1-2H3. The summed E-state index contributed by atoms with van der Waals surface area (Å²) >= 11 is 8.65. The summed E-state index contributed by atoms with van der Waals surface area (Å²) in [5, 5.41) is 17.8. The molecule has 1 saturated heterocycles. The Morgan fingerprint density at radius 1 is 1.28 bits per heavy atom. The van der Waals surface area contributed by atoms with Crippen molar-refractivity contribution in [2.45, 2.75) is 48.1 Å². The second-order valence-corrected chi connectivity index (χ2v) is 16.4. The lowest BCUT2D eigenvalue weighted by atomic mass is 10.0. The van der Waals surface area contributed by atoms with Crippen LogP contribution in [0.2, 0.25) is 5.15 Å². The van der Waals surface area contributed by atoms with Gasteiger partial charge in [0.25, 0.3) is 6.43 Å². The van der Waals surface area contributed by atoms with Gasteiger partial charge in [-0.25, -0.2) is 26.9 Å². The van der Waals surface area contributed by atoms with Crippen molar-refractivity contribution in [3.8, 4) is 22.0 Å². The van der Waals surface area contributed by atoms with E-state index in [0.717, 1.165) is 42.0 Å². The van der Waals surface area contributed by atoms with Crippen molar-refractivity contribution < 1.29 is 22.3 Å². The van der Waals surface area contributed by atoms with Gasteiger partial charge in [0.15, 0.2) is 21.0 Å². The number of fused-ring (bicyclic) bond motifs is 1. The largest absolute Gasteiger partial charge is 0.375 e. The van der Waals surface area contributed by atoms with E-state index in [0.29, 0.717) is 40.3 Å². The molecule has 2 atom stereocenters. The van der Waals surface area contributed by atoms with Gasteiger partial charge in [0, 0.05) is 40.1 Å². The van der Waals surface area contributed by atoms with Gasteiger partial charge in [-0.2, -0.15) is 0 Å². The molecular formula is C26H28ClF2N7O3S4. The fourth-order valence-corrected chi connectivity index (χ4v) is 9.90. The molecule has 0 bridgehead atoms. The van der Waals surface area contributed by atoms with Gasteiger partial charge in [-0.1, -0.05) is 29.0 Å². The van der Waals surface area contributed by atoms with E-state index in [9.17, 15) is 22.3 Å². The third-order valence-corrected chi connectivity index (χ3v) is 12.9. The lowest BCUT2D eigenvalue weighted by Gasteiger charge is -2.30. The summed E-state index contributed by atoms with van der Waals surface area (Å²) in [6, 6.07) is 7.27. The smallest absolute Gasteiger partial charge is 0.291 e. The third-order valence-electron chi connectivity index (χ3n) is 7.28. The predicted molar refractivity (Wildman–Crippen MR) is 166 cm³/mol. The third kappa shape index (κ3) is 6.52. The molecule has 4 heterocycles. The van der Waals surface area contributed by atoms with E-state index in [1.54, 1.807) is 22.7 Å². The van der Waals surface area contributed by atoms with E-state index in [1.165, 1.54) is 18.2 Å². The highest BCUT2D eigenvalue weighted by Gasteiger charge is 2.40. The number of nitrogens with one attached hydrogen (secondary N) is 1. The Morgan fingerprint density at radius 3 is 2.65 bits per heavy atom. The number of nitrogens with zero attached hydrogens (tertiary/aromatic N) is 6. The summed E-state index contributed by atoms with van der Waals surface area (Å²) < 4.78 is 61.7. The predicted octanol–water partition coefficient (Wildman–Crippen LogP) is 5.32. The van der Waals surface area contributed by atoms with Gasteiger partial charge in [-0.15, -0.1) is 14.0 Å². The van der Waals surface area contributed by atoms with Gasteiger partial charge in [-0.3, -0.25) is 4.40 Å². The van der Waals surface area contributed by atoms with Gasteiger partial charge in [0.05, 0.1) is 15.2 Å². The van der Waals surface area contributed by atoms with Gasteiger partial charge >= 0.3 is 0 Å². The SMILES string of the molecule is Cc1cc(S(=O)(CCN2CCC2)=NS(C)=O)ccc1-c1cc(SNC2(O)CC2)cn2c(-c3nnc(C(F)F)s3)nc(Cl)c12. The van der Waals surface area contributed by atoms with Crippen LogP contribution in [0.4, 0.5) is 8.78 Å². The van der Waals surface area contributed by atoms with Crippen LogP contribution < -0.4 is 4.72 Å². The molecular weight excluding hydrogens is 660 g/mol. The first-order chi connectivity index (χ1) is 20.4. The maximum atomic E-state index is 14.0. The lowest BCUT2D eigenvalue weighted by Crippen LogP contribution is -2.40. The van der Waals surface area contributed by atoms with Gasteiger partial charge < -0.3 is 10.0 Å².